The Morgan fingerprint density at radius 1 is 1.38 bits per heavy atom. The minimum Gasteiger partial charge on any atom is -0.347 e. The molecule has 0 saturated carbocycles. The van der Waals surface area contributed by atoms with Crippen molar-refractivity contribution in [2.75, 3.05) is 38.6 Å². The molecule has 0 radical (unpaired) electrons. The van der Waals surface area contributed by atoms with Crippen LogP contribution in [0.15, 0.2) is 0 Å². The molecule has 1 N–H and O–H groups in total. The molecule has 2 heterocycles. The molecule has 4 nitrogen and oxygen atoms in total. The highest BCUT2D eigenvalue weighted by Crippen LogP contribution is 2.37. The van der Waals surface area contributed by atoms with Crippen molar-refractivity contribution in [3.8, 4) is 0 Å². The van der Waals surface area contributed by atoms with Gasteiger partial charge in [0.2, 0.25) is 0 Å². The first kappa shape index (κ1) is 15.3. The largest absolute Gasteiger partial charge is 0.347 e. The van der Waals surface area contributed by atoms with E-state index in [1.165, 1.54) is 54.4 Å². The molecule has 1 aromatic heterocycles. The van der Waals surface area contributed by atoms with Crippen molar-refractivity contribution in [3.63, 3.8) is 0 Å². The lowest BCUT2D eigenvalue weighted by molar-refractivity contribution is 0.248. The van der Waals surface area contributed by atoms with Gasteiger partial charge >= 0.3 is 0 Å². The van der Waals surface area contributed by atoms with Crippen molar-refractivity contribution in [2.45, 2.75) is 51.1 Å². The summed E-state index contributed by atoms with van der Waals surface area (Å²) in [5.41, 5.74) is 1.33. The number of nitrogens with zero attached hydrogens (tertiary/aromatic N) is 3. The van der Waals surface area contributed by atoms with Crippen molar-refractivity contribution in [2.24, 2.45) is 0 Å². The molecule has 118 valence electrons. The average Bonchev–Trinajstić information content (AvgIpc) is 2.92. The molecule has 2 atom stereocenters. The molecule has 3 rings (SSSR count). The maximum Gasteiger partial charge on any atom is 0.185 e. The van der Waals surface area contributed by atoms with E-state index in [0.717, 1.165) is 13.1 Å². The van der Waals surface area contributed by atoms with E-state index < -0.39 is 0 Å². The van der Waals surface area contributed by atoms with Crippen LogP contribution in [-0.4, -0.2) is 49.7 Å². The van der Waals surface area contributed by atoms with Crippen LogP contribution in [0.2, 0.25) is 0 Å². The highest BCUT2D eigenvalue weighted by molar-refractivity contribution is 7.15. The summed E-state index contributed by atoms with van der Waals surface area (Å²) in [4.78, 5) is 11.4. The zero-order valence-electron chi connectivity index (χ0n) is 13.6. The molecule has 1 aromatic rings. The van der Waals surface area contributed by atoms with Gasteiger partial charge in [-0.05, 0) is 52.2 Å². The Labute approximate surface area is 132 Å². The molecule has 1 saturated heterocycles. The molecule has 21 heavy (non-hydrogen) atoms. The van der Waals surface area contributed by atoms with Crippen molar-refractivity contribution in [3.05, 3.63) is 10.6 Å². The standard InChI is InChI=1S/C16H28N4S/c1-4-17-13-8-5-9-14-15(13)18-16(21-14)20(3)12-7-6-10-19(2)11-12/h12-13,17H,4-11H2,1-3H3. The lowest BCUT2D eigenvalue weighted by Gasteiger charge is -2.35. The lowest BCUT2D eigenvalue weighted by Crippen LogP contribution is -2.45. The predicted molar refractivity (Wildman–Crippen MR) is 90.4 cm³/mol. The molecule has 0 bridgehead atoms. The third kappa shape index (κ3) is 3.25. The minimum absolute atomic E-state index is 0.478. The summed E-state index contributed by atoms with van der Waals surface area (Å²) in [5, 5.41) is 4.82. The third-order valence-corrected chi connectivity index (χ3v) is 6.06. The van der Waals surface area contributed by atoms with Crippen LogP contribution in [0.3, 0.4) is 0 Å². The van der Waals surface area contributed by atoms with E-state index in [4.69, 9.17) is 4.98 Å². The fourth-order valence-corrected chi connectivity index (χ4v) is 4.81. The second kappa shape index (κ2) is 6.63. The lowest BCUT2D eigenvalue weighted by atomic mass is 9.98. The Balaban J connectivity index is 1.76. The van der Waals surface area contributed by atoms with Crippen LogP contribution in [0.1, 0.15) is 49.2 Å². The van der Waals surface area contributed by atoms with Crippen LogP contribution in [0.4, 0.5) is 5.13 Å². The molecule has 1 fully saturated rings. The summed E-state index contributed by atoms with van der Waals surface area (Å²) >= 11 is 1.92. The number of thiazole rings is 1. The number of hydrogen-bond acceptors (Lipinski definition) is 5. The first-order valence-corrected chi connectivity index (χ1v) is 9.15. The number of aryl methyl sites for hydroxylation is 1. The van der Waals surface area contributed by atoms with Crippen LogP contribution < -0.4 is 10.2 Å². The number of piperidine rings is 1. The molecular weight excluding hydrogens is 280 g/mol. The van der Waals surface area contributed by atoms with E-state index in [1.807, 2.05) is 11.3 Å². The number of aromatic nitrogens is 1. The van der Waals surface area contributed by atoms with Gasteiger partial charge in [0.05, 0.1) is 11.7 Å². The normalized spacial score (nSPS) is 26.6. The van der Waals surface area contributed by atoms with Gasteiger partial charge in [-0.3, -0.25) is 0 Å². The first-order valence-electron chi connectivity index (χ1n) is 8.33. The maximum atomic E-state index is 5.01. The molecule has 0 spiro atoms. The Hall–Kier alpha value is -0.650. The second-order valence-electron chi connectivity index (χ2n) is 6.48. The zero-order chi connectivity index (χ0) is 14.8. The first-order chi connectivity index (χ1) is 10.2. The minimum atomic E-state index is 0.478. The summed E-state index contributed by atoms with van der Waals surface area (Å²) in [6.45, 7) is 5.62. The molecule has 5 heteroatoms. The highest BCUT2D eigenvalue weighted by Gasteiger charge is 2.28. The van der Waals surface area contributed by atoms with Gasteiger partial charge in [-0.25, -0.2) is 4.98 Å². The predicted octanol–water partition coefficient (Wildman–Crippen LogP) is 2.66. The topological polar surface area (TPSA) is 31.4 Å². The van der Waals surface area contributed by atoms with E-state index in [-0.39, 0.29) is 0 Å². The second-order valence-corrected chi connectivity index (χ2v) is 7.54. The van der Waals surface area contributed by atoms with Gasteiger partial charge in [-0.2, -0.15) is 0 Å². The van der Waals surface area contributed by atoms with Gasteiger partial charge in [0, 0.05) is 24.5 Å². The summed E-state index contributed by atoms with van der Waals surface area (Å²) < 4.78 is 0. The molecule has 1 aliphatic heterocycles. The van der Waals surface area contributed by atoms with Crippen molar-refractivity contribution in [1.29, 1.82) is 0 Å². The fourth-order valence-electron chi connectivity index (χ4n) is 3.61. The summed E-state index contributed by atoms with van der Waals surface area (Å²) in [7, 11) is 4.46. The van der Waals surface area contributed by atoms with Gasteiger partial charge < -0.3 is 15.1 Å². The van der Waals surface area contributed by atoms with Crippen LogP contribution in [0.5, 0.6) is 0 Å². The molecule has 2 aliphatic rings. The maximum absolute atomic E-state index is 5.01. The van der Waals surface area contributed by atoms with Crippen LogP contribution in [0, 0.1) is 0 Å². The Bertz CT molecular complexity index is 473. The monoisotopic (exact) mass is 308 g/mol. The number of fused-ring (bicyclic) bond motifs is 1. The Morgan fingerprint density at radius 2 is 2.24 bits per heavy atom. The van der Waals surface area contributed by atoms with E-state index in [2.05, 4.69) is 36.1 Å². The molecule has 1 aliphatic carbocycles. The highest BCUT2D eigenvalue weighted by atomic mass is 32.1. The van der Waals surface area contributed by atoms with Crippen LogP contribution in [0.25, 0.3) is 0 Å². The third-order valence-electron chi connectivity index (χ3n) is 4.84. The van der Waals surface area contributed by atoms with Gasteiger partial charge in [-0.1, -0.05) is 6.92 Å². The zero-order valence-corrected chi connectivity index (χ0v) is 14.4. The van der Waals surface area contributed by atoms with Gasteiger partial charge in [0.25, 0.3) is 0 Å². The number of likely N-dealkylation sites (tertiary alicyclic amines) is 1. The van der Waals surface area contributed by atoms with Gasteiger partial charge in [-0.15, -0.1) is 11.3 Å². The van der Waals surface area contributed by atoms with Crippen LogP contribution >= 0.6 is 11.3 Å². The Morgan fingerprint density at radius 3 is 3.00 bits per heavy atom. The summed E-state index contributed by atoms with van der Waals surface area (Å²) in [5.74, 6) is 0. The van der Waals surface area contributed by atoms with Gasteiger partial charge in [0.15, 0.2) is 5.13 Å². The van der Waals surface area contributed by atoms with Crippen molar-refractivity contribution < 1.29 is 0 Å². The number of anilines is 1. The molecule has 0 aromatic carbocycles. The number of rotatable bonds is 4. The van der Waals surface area contributed by atoms with Crippen LogP contribution in [-0.2, 0) is 6.42 Å². The van der Waals surface area contributed by atoms with Gasteiger partial charge in [0.1, 0.15) is 0 Å². The van der Waals surface area contributed by atoms with E-state index in [0.29, 0.717) is 12.1 Å². The number of hydrogen-bond donors (Lipinski definition) is 1. The summed E-state index contributed by atoms with van der Waals surface area (Å²) in [6.07, 6.45) is 6.34. The fraction of sp³-hybridized carbons (Fsp3) is 0.812. The average molecular weight is 308 g/mol. The smallest absolute Gasteiger partial charge is 0.185 e. The van der Waals surface area contributed by atoms with Crippen molar-refractivity contribution >= 4 is 16.5 Å². The Kier molecular flexibility index (Phi) is 4.82. The quantitative estimate of drug-likeness (QED) is 0.926. The summed E-state index contributed by atoms with van der Waals surface area (Å²) in [6, 6.07) is 1.10. The van der Waals surface area contributed by atoms with Crippen molar-refractivity contribution in [1.82, 2.24) is 15.2 Å². The SMILES string of the molecule is CCNC1CCCc2sc(N(C)C3CCCN(C)C3)nc21. The van der Waals surface area contributed by atoms with E-state index in [1.54, 1.807) is 0 Å². The molecule has 0 amide bonds. The number of nitrogens with one attached hydrogen (secondary N) is 1. The number of likely N-dealkylation sites (N-methyl/N-ethyl adjacent to an activating group) is 2. The van der Waals surface area contributed by atoms with E-state index in [9.17, 15) is 0 Å². The molecular formula is C16H28N4S. The molecule has 2 unspecified atom stereocenters. The van der Waals surface area contributed by atoms with E-state index >= 15 is 0 Å².